The van der Waals surface area contributed by atoms with E-state index in [1.807, 2.05) is 24.3 Å². The molecule has 1 aromatic carbocycles. The molecular weight excluding hydrogens is 308 g/mol. The van der Waals surface area contributed by atoms with Gasteiger partial charge in [0.05, 0.1) is 22.8 Å². The molecule has 0 atom stereocenters. The number of carbonyl (C=O) groups is 2. The number of carbonyl (C=O) groups excluding carboxylic acids is 2. The summed E-state index contributed by atoms with van der Waals surface area (Å²) in [5.41, 5.74) is 1.52. The first-order chi connectivity index (χ1) is 11.7. The topological polar surface area (TPSA) is 84.4 Å². The maximum atomic E-state index is 12.7. The molecule has 1 N–H and O–H groups in total. The second-order valence-electron chi connectivity index (χ2n) is 6.28. The highest BCUT2D eigenvalue weighted by Crippen LogP contribution is 2.28. The second kappa shape index (κ2) is 5.83. The molecule has 2 aliphatic rings. The lowest BCUT2D eigenvalue weighted by Gasteiger charge is -2.43. The molecule has 7 nitrogen and oxygen atoms in total. The molecule has 24 heavy (non-hydrogen) atoms. The first kappa shape index (κ1) is 15.0. The Labute approximate surface area is 139 Å². The molecule has 4 rings (SSSR count). The number of benzene rings is 1. The van der Waals surface area contributed by atoms with Crippen LogP contribution in [0.5, 0.6) is 0 Å². The number of fused-ring (bicyclic) bond motifs is 1. The minimum absolute atomic E-state index is 0.0782. The minimum Gasteiger partial charge on any atom is -0.363 e. The Morgan fingerprint density at radius 1 is 1.21 bits per heavy atom. The van der Waals surface area contributed by atoms with Crippen LogP contribution in [0, 0.1) is 0 Å². The lowest BCUT2D eigenvalue weighted by Crippen LogP contribution is -2.58. The Kier molecular flexibility index (Phi) is 3.65. The third-order valence-electron chi connectivity index (χ3n) is 4.75. The quantitative estimate of drug-likeness (QED) is 0.836. The van der Waals surface area contributed by atoms with Crippen molar-refractivity contribution in [2.45, 2.75) is 18.4 Å². The van der Waals surface area contributed by atoms with Gasteiger partial charge in [0.2, 0.25) is 5.91 Å². The number of aromatic nitrogens is 2. The van der Waals surface area contributed by atoms with Gasteiger partial charge in [0, 0.05) is 19.6 Å². The first-order valence-corrected chi connectivity index (χ1v) is 8.07. The average molecular weight is 326 g/mol. The number of hydrogen-bond acceptors (Lipinski definition) is 5. The molecule has 2 fully saturated rings. The van der Waals surface area contributed by atoms with E-state index in [0.717, 1.165) is 11.0 Å². The van der Waals surface area contributed by atoms with Gasteiger partial charge >= 0.3 is 0 Å². The van der Waals surface area contributed by atoms with Crippen LogP contribution in [0.25, 0.3) is 11.0 Å². The lowest BCUT2D eigenvalue weighted by molar-refractivity contribution is -0.149. The van der Waals surface area contributed by atoms with Gasteiger partial charge in [0.25, 0.3) is 5.91 Å². The van der Waals surface area contributed by atoms with Gasteiger partial charge in [-0.25, -0.2) is 4.98 Å². The molecule has 0 unspecified atom stereocenters. The van der Waals surface area contributed by atoms with Gasteiger partial charge in [-0.1, -0.05) is 12.1 Å². The van der Waals surface area contributed by atoms with E-state index < -0.39 is 0 Å². The Hall–Kier alpha value is -2.54. The van der Waals surface area contributed by atoms with Gasteiger partial charge in [0.15, 0.2) is 0 Å². The molecule has 2 aromatic rings. The summed E-state index contributed by atoms with van der Waals surface area (Å²) < 4.78 is 5.73. The van der Waals surface area contributed by atoms with Crippen molar-refractivity contribution in [3.05, 3.63) is 36.2 Å². The summed E-state index contributed by atoms with van der Waals surface area (Å²) in [6, 6.07) is 7.50. The van der Waals surface area contributed by atoms with Crippen LogP contribution in [0.2, 0.25) is 0 Å². The van der Waals surface area contributed by atoms with E-state index in [1.54, 1.807) is 4.90 Å². The van der Waals surface area contributed by atoms with E-state index in [-0.39, 0.29) is 24.0 Å². The minimum atomic E-state index is -0.334. The zero-order valence-corrected chi connectivity index (χ0v) is 13.2. The molecule has 3 heterocycles. The maximum Gasteiger partial charge on any atom is 0.274 e. The van der Waals surface area contributed by atoms with Crippen molar-refractivity contribution in [3.63, 3.8) is 0 Å². The first-order valence-electron chi connectivity index (χ1n) is 8.07. The predicted octanol–water partition coefficient (Wildman–Crippen LogP) is 0.751. The van der Waals surface area contributed by atoms with Crippen LogP contribution in [0.4, 0.5) is 0 Å². The van der Waals surface area contributed by atoms with Gasteiger partial charge in [-0.05, 0) is 25.0 Å². The van der Waals surface area contributed by atoms with Crippen molar-refractivity contribution < 1.29 is 14.3 Å². The van der Waals surface area contributed by atoms with E-state index in [4.69, 9.17) is 4.74 Å². The molecule has 0 saturated carbocycles. The molecule has 2 aliphatic heterocycles. The molecule has 7 heteroatoms. The fourth-order valence-corrected chi connectivity index (χ4v) is 3.24. The normalized spacial score (nSPS) is 20.2. The van der Waals surface area contributed by atoms with Crippen molar-refractivity contribution in [3.8, 4) is 0 Å². The average Bonchev–Trinajstić information content (AvgIpc) is 2.64. The Morgan fingerprint density at radius 2 is 1.96 bits per heavy atom. The highest BCUT2D eigenvalue weighted by Gasteiger charge is 2.40. The van der Waals surface area contributed by atoms with Crippen molar-refractivity contribution >= 4 is 22.8 Å². The molecule has 0 radical (unpaired) electrons. The van der Waals surface area contributed by atoms with Crippen LogP contribution in [0.15, 0.2) is 30.5 Å². The lowest BCUT2D eigenvalue weighted by atomic mass is 9.90. The molecule has 0 aliphatic carbocycles. The third kappa shape index (κ3) is 2.71. The van der Waals surface area contributed by atoms with E-state index in [0.29, 0.717) is 38.2 Å². The van der Waals surface area contributed by atoms with Gasteiger partial charge < -0.3 is 15.0 Å². The summed E-state index contributed by atoms with van der Waals surface area (Å²) in [6.45, 7) is 1.79. The molecule has 1 aromatic heterocycles. The van der Waals surface area contributed by atoms with Crippen LogP contribution in [0.3, 0.4) is 0 Å². The summed E-state index contributed by atoms with van der Waals surface area (Å²) in [7, 11) is 0. The number of amides is 2. The van der Waals surface area contributed by atoms with Crippen LogP contribution < -0.4 is 5.32 Å². The summed E-state index contributed by atoms with van der Waals surface area (Å²) in [5.74, 6) is -0.187. The van der Waals surface area contributed by atoms with E-state index >= 15 is 0 Å². The van der Waals surface area contributed by atoms with E-state index in [2.05, 4.69) is 15.3 Å². The fourth-order valence-electron chi connectivity index (χ4n) is 3.24. The molecule has 2 saturated heterocycles. The van der Waals surface area contributed by atoms with Crippen molar-refractivity contribution in [2.75, 3.05) is 26.2 Å². The monoisotopic (exact) mass is 326 g/mol. The summed E-state index contributed by atoms with van der Waals surface area (Å²) >= 11 is 0. The number of likely N-dealkylation sites (tertiary alicyclic amines) is 1. The number of morpholine rings is 1. The zero-order valence-electron chi connectivity index (χ0n) is 13.2. The number of nitrogens with zero attached hydrogens (tertiary/aromatic N) is 3. The standard InChI is InChI=1S/C17H18N4O3/c22-15-10-24-17(11-19-15)5-7-21(8-6-17)16(23)14-9-18-12-3-1-2-4-13(12)20-14/h1-4,9H,5-8,10-11H2,(H,19,22). The Balaban J connectivity index is 1.46. The smallest absolute Gasteiger partial charge is 0.274 e. The molecule has 2 amide bonds. The maximum absolute atomic E-state index is 12.7. The van der Waals surface area contributed by atoms with E-state index in [9.17, 15) is 9.59 Å². The molecular formula is C17H18N4O3. The number of piperidine rings is 1. The summed E-state index contributed by atoms with van der Waals surface area (Å²) in [5, 5.41) is 2.85. The number of nitrogens with one attached hydrogen (secondary N) is 1. The number of para-hydroxylation sites is 2. The van der Waals surface area contributed by atoms with Gasteiger partial charge in [-0.3, -0.25) is 14.6 Å². The van der Waals surface area contributed by atoms with Crippen LogP contribution in [0.1, 0.15) is 23.3 Å². The Morgan fingerprint density at radius 3 is 2.67 bits per heavy atom. The highest BCUT2D eigenvalue weighted by atomic mass is 16.5. The van der Waals surface area contributed by atoms with Crippen LogP contribution >= 0.6 is 0 Å². The molecule has 1 spiro atoms. The van der Waals surface area contributed by atoms with Gasteiger partial charge in [0.1, 0.15) is 12.3 Å². The second-order valence-corrected chi connectivity index (χ2v) is 6.28. The molecule has 124 valence electrons. The summed E-state index contributed by atoms with van der Waals surface area (Å²) in [6.07, 6.45) is 2.95. The molecule has 0 bridgehead atoms. The number of rotatable bonds is 1. The van der Waals surface area contributed by atoms with Crippen molar-refractivity contribution in [2.24, 2.45) is 0 Å². The van der Waals surface area contributed by atoms with Crippen LogP contribution in [-0.4, -0.2) is 58.5 Å². The largest absolute Gasteiger partial charge is 0.363 e. The SMILES string of the molecule is O=C1COC2(CCN(C(=O)c3cnc4ccccc4n3)CC2)CN1. The van der Waals surface area contributed by atoms with Crippen LogP contribution in [-0.2, 0) is 9.53 Å². The third-order valence-corrected chi connectivity index (χ3v) is 4.75. The zero-order chi connectivity index (χ0) is 16.6. The van der Waals surface area contributed by atoms with Gasteiger partial charge in [-0.15, -0.1) is 0 Å². The number of ether oxygens (including phenoxy) is 1. The number of hydrogen-bond donors (Lipinski definition) is 1. The highest BCUT2D eigenvalue weighted by molar-refractivity contribution is 5.93. The van der Waals surface area contributed by atoms with Crippen molar-refractivity contribution in [1.29, 1.82) is 0 Å². The Bertz CT molecular complexity index is 787. The van der Waals surface area contributed by atoms with Crippen molar-refractivity contribution in [1.82, 2.24) is 20.2 Å². The summed E-state index contributed by atoms with van der Waals surface area (Å²) in [4.78, 5) is 34.4. The van der Waals surface area contributed by atoms with E-state index in [1.165, 1.54) is 6.20 Å². The predicted molar refractivity (Wildman–Crippen MR) is 86.4 cm³/mol. The van der Waals surface area contributed by atoms with Gasteiger partial charge in [-0.2, -0.15) is 0 Å². The fraction of sp³-hybridized carbons (Fsp3) is 0.412.